The van der Waals surface area contributed by atoms with Crippen LogP contribution in [0.3, 0.4) is 0 Å². The minimum Gasteiger partial charge on any atom is -0.237 e. The summed E-state index contributed by atoms with van der Waals surface area (Å²) in [6, 6.07) is 11.2. The van der Waals surface area contributed by atoms with E-state index in [1.165, 1.54) is 17.1 Å². The summed E-state index contributed by atoms with van der Waals surface area (Å²) < 4.78 is 42.3. The molecule has 1 heterocycles. The van der Waals surface area contributed by atoms with Crippen molar-refractivity contribution in [1.82, 2.24) is 9.78 Å². The fraction of sp³-hybridized carbons (Fsp3) is 0. The Kier molecular flexibility index (Phi) is 3.02. The van der Waals surface area contributed by atoms with Gasteiger partial charge in [-0.3, -0.25) is 0 Å². The van der Waals surface area contributed by atoms with Crippen LogP contribution in [0.2, 0.25) is 0 Å². The molecule has 0 fully saturated rings. The molecule has 0 unspecified atom stereocenters. The molecule has 0 bridgehead atoms. The molecule has 2 nitrogen and oxygen atoms in total. The van der Waals surface area contributed by atoms with Crippen LogP contribution < -0.4 is 0 Å². The topological polar surface area (TPSA) is 17.8 Å². The monoisotopic (exact) mass is 274 g/mol. The number of nitrogens with zero attached hydrogens (tertiary/aromatic N) is 2. The van der Waals surface area contributed by atoms with Gasteiger partial charge in [0, 0.05) is 18.0 Å². The number of hydrogen-bond acceptors (Lipinski definition) is 1. The van der Waals surface area contributed by atoms with E-state index in [-0.39, 0.29) is 11.3 Å². The second-order valence-electron chi connectivity index (χ2n) is 4.20. The summed E-state index contributed by atoms with van der Waals surface area (Å²) in [7, 11) is 0. The summed E-state index contributed by atoms with van der Waals surface area (Å²) >= 11 is 0. The summed E-state index contributed by atoms with van der Waals surface area (Å²) in [6.45, 7) is 0. The van der Waals surface area contributed by atoms with Gasteiger partial charge in [0.2, 0.25) is 0 Å². The van der Waals surface area contributed by atoms with E-state index < -0.39 is 17.5 Å². The first-order valence-corrected chi connectivity index (χ1v) is 5.91. The molecule has 3 aromatic rings. The quantitative estimate of drug-likeness (QED) is 0.647. The van der Waals surface area contributed by atoms with Crippen molar-refractivity contribution in [2.75, 3.05) is 0 Å². The third kappa shape index (κ3) is 1.97. The first kappa shape index (κ1) is 12.5. The van der Waals surface area contributed by atoms with E-state index in [2.05, 4.69) is 5.10 Å². The summed E-state index contributed by atoms with van der Waals surface area (Å²) in [5.41, 5.74) is 0.710. The second kappa shape index (κ2) is 4.85. The molecule has 0 aliphatic rings. The molecule has 0 aliphatic heterocycles. The highest BCUT2D eigenvalue weighted by atomic mass is 19.2. The molecule has 3 rings (SSSR count). The lowest BCUT2D eigenvalue weighted by Gasteiger charge is -2.12. The van der Waals surface area contributed by atoms with Crippen LogP contribution in [0.1, 0.15) is 0 Å². The minimum absolute atomic E-state index is 0.111. The van der Waals surface area contributed by atoms with E-state index in [0.29, 0.717) is 5.56 Å². The zero-order chi connectivity index (χ0) is 14.1. The third-order valence-corrected chi connectivity index (χ3v) is 2.95. The van der Waals surface area contributed by atoms with Gasteiger partial charge in [0.1, 0.15) is 5.69 Å². The van der Waals surface area contributed by atoms with Crippen molar-refractivity contribution in [2.45, 2.75) is 0 Å². The van der Waals surface area contributed by atoms with Gasteiger partial charge in [0.15, 0.2) is 17.5 Å². The van der Waals surface area contributed by atoms with Crippen molar-refractivity contribution in [3.05, 3.63) is 72.3 Å². The molecule has 1 aromatic heterocycles. The Morgan fingerprint density at radius 1 is 0.900 bits per heavy atom. The lowest BCUT2D eigenvalue weighted by Crippen LogP contribution is -2.05. The Hall–Kier alpha value is -2.56. The van der Waals surface area contributed by atoms with Crippen molar-refractivity contribution < 1.29 is 13.2 Å². The lowest BCUT2D eigenvalue weighted by atomic mass is 10.0. The van der Waals surface area contributed by atoms with Crippen LogP contribution in [0.4, 0.5) is 13.2 Å². The maximum absolute atomic E-state index is 14.1. The summed E-state index contributed by atoms with van der Waals surface area (Å²) in [5.74, 6) is -3.99. The van der Waals surface area contributed by atoms with Crippen molar-refractivity contribution in [2.24, 2.45) is 0 Å². The van der Waals surface area contributed by atoms with Gasteiger partial charge in [-0.05, 0) is 17.7 Å². The smallest absolute Gasteiger partial charge is 0.196 e. The van der Waals surface area contributed by atoms with Crippen LogP contribution >= 0.6 is 0 Å². The SMILES string of the molecule is Fc1cc(-c2ccccc2)c(-n2cccn2)c(F)c1F. The molecule has 0 aliphatic carbocycles. The van der Waals surface area contributed by atoms with Crippen LogP contribution in [0.5, 0.6) is 0 Å². The standard InChI is InChI=1S/C15H9F3N2/c16-12-9-11(10-5-2-1-3-6-10)15(14(18)13(12)17)20-8-4-7-19-20/h1-9H. The zero-order valence-corrected chi connectivity index (χ0v) is 10.2. The number of halogens is 3. The Labute approximate surface area is 113 Å². The molecular weight excluding hydrogens is 265 g/mol. The van der Waals surface area contributed by atoms with Gasteiger partial charge in [-0.15, -0.1) is 0 Å². The molecule has 100 valence electrons. The molecular formula is C15H9F3N2. The molecule has 2 aromatic carbocycles. The van der Waals surface area contributed by atoms with Gasteiger partial charge in [-0.2, -0.15) is 5.10 Å². The van der Waals surface area contributed by atoms with Crippen LogP contribution in [0, 0.1) is 17.5 Å². The largest absolute Gasteiger partial charge is 0.237 e. The van der Waals surface area contributed by atoms with E-state index in [9.17, 15) is 13.2 Å². The van der Waals surface area contributed by atoms with E-state index in [1.54, 1.807) is 36.4 Å². The summed E-state index contributed by atoms with van der Waals surface area (Å²) in [6.07, 6.45) is 2.91. The molecule has 20 heavy (non-hydrogen) atoms. The van der Waals surface area contributed by atoms with Crippen molar-refractivity contribution in [1.29, 1.82) is 0 Å². The number of hydrogen-bond donors (Lipinski definition) is 0. The van der Waals surface area contributed by atoms with Gasteiger partial charge in [0.05, 0.1) is 0 Å². The fourth-order valence-electron chi connectivity index (χ4n) is 2.05. The van der Waals surface area contributed by atoms with Crippen LogP contribution in [0.25, 0.3) is 16.8 Å². The number of rotatable bonds is 2. The fourth-order valence-corrected chi connectivity index (χ4v) is 2.05. The molecule has 0 radical (unpaired) electrons. The van der Waals surface area contributed by atoms with E-state index in [0.717, 1.165) is 6.07 Å². The zero-order valence-electron chi connectivity index (χ0n) is 10.2. The van der Waals surface area contributed by atoms with Gasteiger partial charge in [-0.1, -0.05) is 30.3 Å². The molecule has 0 spiro atoms. The predicted octanol–water partition coefficient (Wildman–Crippen LogP) is 3.96. The maximum atomic E-state index is 14.1. The first-order chi connectivity index (χ1) is 9.68. The van der Waals surface area contributed by atoms with Crippen molar-refractivity contribution in [3.8, 4) is 16.8 Å². The molecule has 0 N–H and O–H groups in total. The Bertz CT molecular complexity index is 738. The summed E-state index contributed by atoms with van der Waals surface area (Å²) in [5, 5.41) is 3.89. The van der Waals surface area contributed by atoms with Gasteiger partial charge in [-0.25, -0.2) is 17.9 Å². The van der Waals surface area contributed by atoms with Crippen LogP contribution in [0.15, 0.2) is 54.9 Å². The van der Waals surface area contributed by atoms with Crippen molar-refractivity contribution in [3.63, 3.8) is 0 Å². The number of aromatic nitrogens is 2. The molecule has 0 atom stereocenters. The Balaban J connectivity index is 2.34. The van der Waals surface area contributed by atoms with Crippen LogP contribution in [-0.2, 0) is 0 Å². The highest BCUT2D eigenvalue weighted by Gasteiger charge is 2.21. The van der Waals surface area contributed by atoms with Gasteiger partial charge >= 0.3 is 0 Å². The Morgan fingerprint density at radius 3 is 2.30 bits per heavy atom. The third-order valence-electron chi connectivity index (χ3n) is 2.95. The molecule has 0 amide bonds. The minimum atomic E-state index is -1.50. The molecule has 0 saturated carbocycles. The van der Waals surface area contributed by atoms with E-state index in [1.807, 2.05) is 0 Å². The van der Waals surface area contributed by atoms with Gasteiger partial charge in [0.25, 0.3) is 0 Å². The van der Waals surface area contributed by atoms with Crippen molar-refractivity contribution >= 4 is 0 Å². The first-order valence-electron chi connectivity index (χ1n) is 5.91. The Morgan fingerprint density at radius 2 is 1.65 bits per heavy atom. The van der Waals surface area contributed by atoms with E-state index >= 15 is 0 Å². The average molecular weight is 274 g/mol. The highest BCUT2D eigenvalue weighted by molar-refractivity contribution is 5.73. The average Bonchev–Trinajstić information content (AvgIpc) is 2.99. The second-order valence-corrected chi connectivity index (χ2v) is 4.20. The maximum Gasteiger partial charge on any atom is 0.196 e. The molecule has 0 saturated heterocycles. The van der Waals surface area contributed by atoms with E-state index in [4.69, 9.17) is 0 Å². The van der Waals surface area contributed by atoms with Gasteiger partial charge < -0.3 is 0 Å². The van der Waals surface area contributed by atoms with Crippen LogP contribution in [-0.4, -0.2) is 9.78 Å². The lowest BCUT2D eigenvalue weighted by molar-refractivity contribution is 0.444. The highest BCUT2D eigenvalue weighted by Crippen LogP contribution is 2.31. The predicted molar refractivity (Wildman–Crippen MR) is 68.9 cm³/mol. The summed E-state index contributed by atoms with van der Waals surface area (Å²) in [4.78, 5) is 0. The number of benzene rings is 2. The molecule has 5 heteroatoms. The normalized spacial score (nSPS) is 10.8.